The van der Waals surface area contributed by atoms with Crippen LogP contribution in [-0.2, 0) is 4.79 Å². The van der Waals surface area contributed by atoms with Crippen LogP contribution in [0.1, 0.15) is 11.6 Å². The van der Waals surface area contributed by atoms with E-state index in [2.05, 4.69) is 15.9 Å². The fourth-order valence-electron chi connectivity index (χ4n) is 2.54. The predicted molar refractivity (Wildman–Crippen MR) is 79.1 cm³/mol. The smallest absolute Gasteiger partial charge is 0.413 e. The molecule has 1 aliphatic heterocycles. The number of rotatable bonds is 3. The van der Waals surface area contributed by atoms with E-state index < -0.39 is 43.0 Å². The number of nitrogens with zero attached hydrogens (tertiary/aromatic N) is 2. The van der Waals surface area contributed by atoms with Gasteiger partial charge in [0, 0.05) is 11.5 Å². The van der Waals surface area contributed by atoms with Crippen LogP contribution in [0.3, 0.4) is 0 Å². The second-order valence-corrected chi connectivity index (χ2v) is 6.43. The Morgan fingerprint density at radius 1 is 1.29 bits per heavy atom. The first-order valence-corrected chi connectivity index (χ1v) is 7.51. The zero-order chi connectivity index (χ0) is 18.3. The third kappa shape index (κ3) is 3.47. The maximum absolute atomic E-state index is 14.4. The molecule has 1 unspecified atom stereocenters. The van der Waals surface area contributed by atoms with Crippen molar-refractivity contribution < 1.29 is 32.3 Å². The molecule has 1 saturated heterocycles. The molecule has 1 fully saturated rings. The molecule has 0 spiro atoms. The monoisotopic (exact) mass is 412 g/mol. The van der Waals surface area contributed by atoms with Gasteiger partial charge < -0.3 is 14.9 Å². The van der Waals surface area contributed by atoms with E-state index >= 15 is 0 Å². The highest BCUT2D eigenvalue weighted by Gasteiger charge is 2.56. The van der Waals surface area contributed by atoms with E-state index in [1.54, 1.807) is 0 Å². The summed E-state index contributed by atoms with van der Waals surface area (Å²) < 4.78 is 55.2. The highest BCUT2D eigenvalue weighted by atomic mass is 79.9. The number of alkyl halides is 4. The summed E-state index contributed by atoms with van der Waals surface area (Å²) in [5.41, 5.74) is -2.87. The maximum Gasteiger partial charge on any atom is 0.413 e. The van der Waals surface area contributed by atoms with E-state index in [-0.39, 0.29) is 10.5 Å². The minimum atomic E-state index is -4.81. The number of carboxylic acid groups (broad SMARTS) is 1. The largest absolute Gasteiger partial charge is 0.465 e. The van der Waals surface area contributed by atoms with E-state index in [0.29, 0.717) is 9.37 Å². The fraction of sp³-hybridized carbons (Fsp3) is 0.429. The van der Waals surface area contributed by atoms with E-state index in [4.69, 9.17) is 5.11 Å². The Hall–Kier alpha value is -1.84. The molecule has 1 aromatic rings. The SMILES string of the molecule is CN(C(=O)C1(F)CN(C(=O)O)C1)C(c1ccc(Br)cc1)C(F)(F)F. The molecule has 1 aliphatic rings. The van der Waals surface area contributed by atoms with Crippen LogP contribution in [0.5, 0.6) is 0 Å². The van der Waals surface area contributed by atoms with Crippen LogP contribution < -0.4 is 0 Å². The molecule has 132 valence electrons. The average molecular weight is 413 g/mol. The van der Waals surface area contributed by atoms with Crippen LogP contribution in [0.4, 0.5) is 22.4 Å². The zero-order valence-corrected chi connectivity index (χ0v) is 13.9. The van der Waals surface area contributed by atoms with Crippen molar-refractivity contribution in [3.8, 4) is 0 Å². The lowest BCUT2D eigenvalue weighted by Crippen LogP contribution is -2.67. The summed E-state index contributed by atoms with van der Waals surface area (Å²) in [6.45, 7) is -1.56. The van der Waals surface area contributed by atoms with Crippen LogP contribution in [-0.4, -0.2) is 58.9 Å². The second-order valence-electron chi connectivity index (χ2n) is 5.52. The molecule has 1 aromatic carbocycles. The van der Waals surface area contributed by atoms with Crippen LogP contribution >= 0.6 is 15.9 Å². The molecular formula is C14H13BrF4N2O3. The lowest BCUT2D eigenvalue weighted by Gasteiger charge is -2.44. The van der Waals surface area contributed by atoms with Crippen molar-refractivity contribution in [1.82, 2.24) is 9.80 Å². The number of hydrogen-bond acceptors (Lipinski definition) is 2. The zero-order valence-electron chi connectivity index (χ0n) is 12.3. The van der Waals surface area contributed by atoms with Crippen molar-refractivity contribution in [2.75, 3.05) is 20.1 Å². The number of carbonyl (C=O) groups is 2. The molecule has 0 aromatic heterocycles. The predicted octanol–water partition coefficient (Wildman–Crippen LogP) is 3.21. The van der Waals surface area contributed by atoms with E-state index in [9.17, 15) is 27.2 Å². The number of hydrogen-bond donors (Lipinski definition) is 1. The first-order valence-electron chi connectivity index (χ1n) is 6.72. The Morgan fingerprint density at radius 3 is 2.21 bits per heavy atom. The van der Waals surface area contributed by atoms with Gasteiger partial charge in [-0.25, -0.2) is 9.18 Å². The van der Waals surface area contributed by atoms with Crippen molar-refractivity contribution >= 4 is 27.9 Å². The third-order valence-electron chi connectivity index (χ3n) is 3.74. The molecule has 1 atom stereocenters. The summed E-state index contributed by atoms with van der Waals surface area (Å²) >= 11 is 3.10. The molecule has 2 amide bonds. The minimum Gasteiger partial charge on any atom is -0.465 e. The van der Waals surface area contributed by atoms with Crippen molar-refractivity contribution in [2.24, 2.45) is 0 Å². The van der Waals surface area contributed by atoms with Gasteiger partial charge in [0.25, 0.3) is 5.91 Å². The standard InChI is InChI=1S/C14H13BrF4N2O3/c1-20(11(22)13(16)6-21(7-13)12(23)24)10(14(17,18)19)8-2-4-9(15)5-3-8/h2-5,10H,6-7H2,1H3,(H,23,24). The van der Waals surface area contributed by atoms with Gasteiger partial charge in [-0.3, -0.25) is 4.79 Å². The second kappa shape index (κ2) is 6.23. The molecule has 5 nitrogen and oxygen atoms in total. The van der Waals surface area contributed by atoms with E-state index in [1.807, 2.05) is 0 Å². The van der Waals surface area contributed by atoms with Crippen LogP contribution in [0, 0.1) is 0 Å². The molecule has 0 bridgehead atoms. The van der Waals surface area contributed by atoms with Gasteiger partial charge in [0.05, 0.1) is 13.1 Å². The molecule has 1 N–H and O–H groups in total. The van der Waals surface area contributed by atoms with Crippen molar-refractivity contribution in [3.05, 3.63) is 34.3 Å². The molecule has 0 aliphatic carbocycles. The van der Waals surface area contributed by atoms with Crippen molar-refractivity contribution in [3.63, 3.8) is 0 Å². The van der Waals surface area contributed by atoms with Crippen molar-refractivity contribution in [2.45, 2.75) is 17.9 Å². The summed E-state index contributed by atoms with van der Waals surface area (Å²) in [7, 11) is 0.854. The van der Waals surface area contributed by atoms with Crippen LogP contribution in [0.2, 0.25) is 0 Å². The molecular weight excluding hydrogens is 400 g/mol. The summed E-state index contributed by atoms with van der Waals surface area (Å²) in [5.74, 6) is -1.40. The molecule has 0 radical (unpaired) electrons. The number of amides is 2. The quantitative estimate of drug-likeness (QED) is 0.775. The Morgan fingerprint density at radius 2 is 1.79 bits per heavy atom. The van der Waals surface area contributed by atoms with Gasteiger partial charge in [0.1, 0.15) is 0 Å². The third-order valence-corrected chi connectivity index (χ3v) is 4.27. The summed E-state index contributed by atoms with van der Waals surface area (Å²) in [4.78, 5) is 23.7. The number of carbonyl (C=O) groups excluding carboxylic acids is 1. The van der Waals surface area contributed by atoms with E-state index in [0.717, 1.165) is 7.05 Å². The van der Waals surface area contributed by atoms with Gasteiger partial charge in [-0.1, -0.05) is 28.1 Å². The fourth-order valence-corrected chi connectivity index (χ4v) is 2.80. The highest BCUT2D eigenvalue weighted by molar-refractivity contribution is 9.10. The molecule has 10 heteroatoms. The van der Waals surface area contributed by atoms with Crippen molar-refractivity contribution in [1.29, 1.82) is 0 Å². The Bertz CT molecular complexity index is 644. The first-order chi connectivity index (χ1) is 11.0. The lowest BCUT2D eigenvalue weighted by molar-refractivity contribution is -0.197. The molecule has 1 heterocycles. The average Bonchev–Trinajstić information content (AvgIpc) is 2.43. The van der Waals surface area contributed by atoms with Gasteiger partial charge in [0.15, 0.2) is 6.04 Å². The van der Waals surface area contributed by atoms with Gasteiger partial charge in [-0.2, -0.15) is 13.2 Å². The Labute approximate surface area is 143 Å². The highest BCUT2D eigenvalue weighted by Crippen LogP contribution is 2.40. The molecule has 24 heavy (non-hydrogen) atoms. The van der Waals surface area contributed by atoms with E-state index in [1.165, 1.54) is 24.3 Å². The summed E-state index contributed by atoms with van der Waals surface area (Å²) in [6, 6.07) is 2.80. The summed E-state index contributed by atoms with van der Waals surface area (Å²) in [5, 5.41) is 8.68. The van der Waals surface area contributed by atoms with Gasteiger partial charge in [-0.05, 0) is 17.7 Å². The maximum atomic E-state index is 14.4. The Kier molecular flexibility index (Phi) is 4.80. The first kappa shape index (κ1) is 18.5. The van der Waals surface area contributed by atoms with Gasteiger partial charge in [-0.15, -0.1) is 0 Å². The Balaban J connectivity index is 2.26. The normalized spacial score (nSPS) is 17.8. The summed E-state index contributed by atoms with van der Waals surface area (Å²) in [6.07, 6.45) is -6.25. The van der Waals surface area contributed by atoms with Gasteiger partial charge >= 0.3 is 12.3 Å². The molecule has 2 rings (SSSR count). The molecule has 0 saturated carbocycles. The number of likely N-dealkylation sites (tertiary alicyclic amines) is 1. The lowest BCUT2D eigenvalue weighted by atomic mass is 9.93. The van der Waals surface area contributed by atoms with Gasteiger partial charge in [0.2, 0.25) is 5.67 Å². The minimum absolute atomic E-state index is 0.223. The van der Waals surface area contributed by atoms with Crippen LogP contribution in [0.15, 0.2) is 28.7 Å². The number of halogens is 5. The van der Waals surface area contributed by atoms with Crippen LogP contribution in [0.25, 0.3) is 0 Å². The topological polar surface area (TPSA) is 60.9 Å². The number of benzene rings is 1.